The smallest absolute Gasteiger partial charge is 0.202 e. The van der Waals surface area contributed by atoms with E-state index >= 15 is 0 Å². The van der Waals surface area contributed by atoms with Gasteiger partial charge < -0.3 is 10.2 Å². The Balaban J connectivity index is 1.85. The first-order valence-corrected chi connectivity index (χ1v) is 6.08. The van der Waals surface area contributed by atoms with Crippen LogP contribution in [0.25, 0.3) is 11.0 Å². The number of benzene rings is 2. The summed E-state index contributed by atoms with van der Waals surface area (Å²) < 4.78 is 5.55. The van der Waals surface area contributed by atoms with Crippen LogP contribution in [-0.4, -0.2) is 5.78 Å². The van der Waals surface area contributed by atoms with Gasteiger partial charge in [0.25, 0.3) is 0 Å². The molecule has 0 spiro atoms. The minimum atomic E-state index is -0.0269. The maximum absolute atomic E-state index is 12.1. The maximum atomic E-state index is 12.1. The van der Waals surface area contributed by atoms with Crippen molar-refractivity contribution in [2.24, 2.45) is 0 Å². The number of anilines is 1. The molecular weight excluding hydrogens is 238 g/mol. The van der Waals surface area contributed by atoms with Gasteiger partial charge in [0.1, 0.15) is 5.58 Å². The first kappa shape index (κ1) is 11.5. The van der Waals surface area contributed by atoms with Crippen LogP contribution in [0.3, 0.4) is 0 Å². The van der Waals surface area contributed by atoms with Gasteiger partial charge in [-0.3, -0.25) is 4.79 Å². The van der Waals surface area contributed by atoms with Crippen molar-refractivity contribution in [3.05, 3.63) is 65.9 Å². The first-order chi connectivity index (χ1) is 9.22. The van der Waals surface area contributed by atoms with E-state index in [-0.39, 0.29) is 5.78 Å². The largest absolute Gasteiger partial charge is 0.453 e. The Labute approximate surface area is 110 Å². The second-order valence-corrected chi connectivity index (χ2v) is 4.49. The fourth-order valence-electron chi connectivity index (χ4n) is 2.03. The SMILES string of the molecule is Nc1ccc(CC(=O)c2cc3ccccc3o2)cc1. The molecule has 0 saturated heterocycles. The standard InChI is InChI=1S/C16H13NO2/c17-13-7-5-11(6-8-13)9-14(18)16-10-12-3-1-2-4-15(12)19-16/h1-8,10H,9,17H2. The lowest BCUT2D eigenvalue weighted by molar-refractivity contribution is 0.0968. The van der Waals surface area contributed by atoms with Crippen LogP contribution in [0.4, 0.5) is 5.69 Å². The van der Waals surface area contributed by atoms with Gasteiger partial charge in [0.15, 0.2) is 5.76 Å². The van der Waals surface area contributed by atoms with Crippen LogP contribution >= 0.6 is 0 Å². The maximum Gasteiger partial charge on any atom is 0.202 e. The predicted molar refractivity (Wildman–Crippen MR) is 75.1 cm³/mol. The van der Waals surface area contributed by atoms with Gasteiger partial charge in [0, 0.05) is 17.5 Å². The molecule has 2 aromatic carbocycles. The molecule has 2 N–H and O–H groups in total. The highest BCUT2D eigenvalue weighted by molar-refractivity contribution is 5.98. The number of carbonyl (C=O) groups excluding carboxylic acids is 1. The number of Topliss-reactive ketones (excluding diaryl/α,β-unsaturated/α-hetero) is 1. The molecule has 3 rings (SSSR count). The summed E-state index contributed by atoms with van der Waals surface area (Å²) in [6.07, 6.45) is 0.320. The first-order valence-electron chi connectivity index (χ1n) is 6.08. The lowest BCUT2D eigenvalue weighted by Gasteiger charge is -1.99. The molecule has 3 aromatic rings. The molecule has 0 aliphatic heterocycles. The summed E-state index contributed by atoms with van der Waals surface area (Å²) in [7, 11) is 0. The normalized spacial score (nSPS) is 10.7. The van der Waals surface area contributed by atoms with Gasteiger partial charge >= 0.3 is 0 Å². The summed E-state index contributed by atoms with van der Waals surface area (Å²) in [5.74, 6) is 0.374. The fraction of sp³-hybridized carbons (Fsp3) is 0.0625. The van der Waals surface area contributed by atoms with Crippen LogP contribution in [0.1, 0.15) is 16.1 Å². The Bertz CT molecular complexity index is 693. The lowest BCUT2D eigenvalue weighted by Crippen LogP contribution is -2.02. The third-order valence-corrected chi connectivity index (χ3v) is 3.04. The predicted octanol–water partition coefficient (Wildman–Crippen LogP) is 3.44. The van der Waals surface area contributed by atoms with Crippen molar-refractivity contribution >= 4 is 22.4 Å². The Morgan fingerprint density at radius 2 is 1.79 bits per heavy atom. The number of nitrogen functional groups attached to an aromatic ring is 1. The highest BCUT2D eigenvalue weighted by atomic mass is 16.3. The van der Waals surface area contributed by atoms with E-state index in [9.17, 15) is 4.79 Å². The number of hydrogen-bond acceptors (Lipinski definition) is 3. The molecule has 1 heterocycles. The van der Waals surface area contributed by atoms with Crippen LogP contribution in [0, 0.1) is 0 Å². The van der Waals surface area contributed by atoms with Crippen molar-refractivity contribution in [1.29, 1.82) is 0 Å². The molecule has 3 nitrogen and oxygen atoms in total. The van der Waals surface area contributed by atoms with Crippen LogP contribution in [0.5, 0.6) is 0 Å². The number of para-hydroxylation sites is 1. The number of rotatable bonds is 3. The van der Waals surface area contributed by atoms with Gasteiger partial charge in [0.2, 0.25) is 5.78 Å². The van der Waals surface area contributed by atoms with Crippen LogP contribution in [0.2, 0.25) is 0 Å². The van der Waals surface area contributed by atoms with Gasteiger partial charge in [-0.15, -0.1) is 0 Å². The Hall–Kier alpha value is -2.55. The molecule has 0 bridgehead atoms. The van der Waals surface area contributed by atoms with Crippen molar-refractivity contribution in [1.82, 2.24) is 0 Å². The zero-order valence-corrected chi connectivity index (χ0v) is 10.3. The van der Waals surface area contributed by atoms with Crippen molar-refractivity contribution in [3.8, 4) is 0 Å². The highest BCUT2D eigenvalue weighted by Crippen LogP contribution is 2.20. The van der Waals surface area contributed by atoms with Gasteiger partial charge in [-0.05, 0) is 29.8 Å². The van der Waals surface area contributed by atoms with Crippen molar-refractivity contribution in [2.45, 2.75) is 6.42 Å². The zero-order valence-electron chi connectivity index (χ0n) is 10.3. The van der Waals surface area contributed by atoms with Crippen LogP contribution in [-0.2, 0) is 6.42 Å². The van der Waals surface area contributed by atoms with E-state index in [0.29, 0.717) is 17.9 Å². The van der Waals surface area contributed by atoms with Crippen LogP contribution in [0.15, 0.2) is 59.0 Å². The summed E-state index contributed by atoms with van der Waals surface area (Å²) in [6.45, 7) is 0. The molecular formula is C16H13NO2. The van der Waals surface area contributed by atoms with Crippen molar-refractivity contribution < 1.29 is 9.21 Å². The monoisotopic (exact) mass is 251 g/mol. The van der Waals surface area contributed by atoms with Crippen molar-refractivity contribution in [3.63, 3.8) is 0 Å². The molecule has 0 amide bonds. The summed E-state index contributed by atoms with van der Waals surface area (Å²) >= 11 is 0. The molecule has 19 heavy (non-hydrogen) atoms. The molecule has 0 aliphatic carbocycles. The van der Waals surface area contributed by atoms with E-state index in [1.165, 1.54) is 0 Å². The highest BCUT2D eigenvalue weighted by Gasteiger charge is 2.12. The summed E-state index contributed by atoms with van der Waals surface area (Å²) in [4.78, 5) is 12.1. The molecule has 94 valence electrons. The molecule has 0 fully saturated rings. The van der Waals surface area contributed by atoms with Gasteiger partial charge in [0.05, 0.1) is 0 Å². The fourth-order valence-corrected chi connectivity index (χ4v) is 2.03. The topological polar surface area (TPSA) is 56.2 Å². The number of fused-ring (bicyclic) bond motifs is 1. The molecule has 0 saturated carbocycles. The average Bonchev–Trinajstić information content (AvgIpc) is 2.85. The second kappa shape index (κ2) is 4.61. The van der Waals surface area contributed by atoms with E-state index in [1.54, 1.807) is 18.2 Å². The van der Waals surface area contributed by atoms with Gasteiger partial charge in [-0.25, -0.2) is 0 Å². The van der Waals surface area contributed by atoms with E-state index < -0.39 is 0 Å². The zero-order chi connectivity index (χ0) is 13.2. The quantitative estimate of drug-likeness (QED) is 0.573. The molecule has 0 atom stereocenters. The van der Waals surface area contributed by atoms with E-state index in [4.69, 9.17) is 10.2 Å². The number of hydrogen-bond donors (Lipinski definition) is 1. The molecule has 0 unspecified atom stereocenters. The minimum Gasteiger partial charge on any atom is -0.453 e. The van der Waals surface area contributed by atoms with E-state index in [2.05, 4.69) is 0 Å². The summed E-state index contributed by atoms with van der Waals surface area (Å²) in [5, 5.41) is 0.947. The van der Waals surface area contributed by atoms with Crippen LogP contribution < -0.4 is 5.73 Å². The average molecular weight is 251 g/mol. The number of carbonyl (C=O) groups is 1. The molecule has 0 aliphatic rings. The molecule has 1 aromatic heterocycles. The molecule has 0 radical (unpaired) electrons. The molecule has 3 heteroatoms. The lowest BCUT2D eigenvalue weighted by atomic mass is 10.1. The number of nitrogens with two attached hydrogens (primary N) is 1. The Morgan fingerprint density at radius 1 is 1.05 bits per heavy atom. The summed E-state index contributed by atoms with van der Waals surface area (Å²) in [6, 6.07) is 16.7. The van der Waals surface area contributed by atoms with Gasteiger partial charge in [-0.2, -0.15) is 0 Å². The third-order valence-electron chi connectivity index (χ3n) is 3.04. The van der Waals surface area contributed by atoms with E-state index in [0.717, 1.165) is 16.5 Å². The number of furan rings is 1. The Morgan fingerprint density at radius 3 is 2.53 bits per heavy atom. The number of ketones is 1. The van der Waals surface area contributed by atoms with Crippen molar-refractivity contribution in [2.75, 3.05) is 5.73 Å². The van der Waals surface area contributed by atoms with E-state index in [1.807, 2.05) is 36.4 Å². The van der Waals surface area contributed by atoms with Gasteiger partial charge in [-0.1, -0.05) is 30.3 Å². The Kier molecular flexibility index (Phi) is 2.80. The third kappa shape index (κ3) is 2.36. The summed E-state index contributed by atoms with van der Waals surface area (Å²) in [5.41, 5.74) is 7.98. The second-order valence-electron chi connectivity index (χ2n) is 4.49. The minimum absolute atomic E-state index is 0.0269.